The number of ether oxygens (including phenoxy) is 1. The van der Waals surface area contributed by atoms with Crippen LogP contribution in [0.25, 0.3) is 0 Å². The number of hydrogen-bond acceptors (Lipinski definition) is 2. The van der Waals surface area contributed by atoms with E-state index in [1.54, 1.807) is 19.1 Å². The molecule has 0 atom stereocenters. The van der Waals surface area contributed by atoms with E-state index in [4.69, 9.17) is 10.1 Å². The van der Waals surface area contributed by atoms with Crippen LogP contribution in [0.2, 0.25) is 0 Å². The summed E-state index contributed by atoms with van der Waals surface area (Å²) in [6.07, 6.45) is 0.609. The fraction of sp³-hybridized carbons (Fsp3) is 0.300. The average molecular weight is 181 g/mol. The molecule has 1 aromatic rings. The highest BCUT2D eigenvalue weighted by molar-refractivity contribution is 5.78. The molecule has 1 rings (SSSR count). The molecule has 0 aliphatic carbocycles. The van der Waals surface area contributed by atoms with Gasteiger partial charge in [0.15, 0.2) is 0 Å². The maximum atomic E-state index is 12.4. The van der Waals surface area contributed by atoms with Crippen molar-refractivity contribution in [3.05, 3.63) is 30.1 Å². The molecule has 0 aromatic heterocycles. The van der Waals surface area contributed by atoms with Gasteiger partial charge < -0.3 is 10.1 Å². The van der Waals surface area contributed by atoms with Crippen molar-refractivity contribution in [3.63, 3.8) is 0 Å². The van der Waals surface area contributed by atoms with Crippen molar-refractivity contribution < 1.29 is 9.13 Å². The lowest BCUT2D eigenvalue weighted by atomic mass is 10.3. The zero-order chi connectivity index (χ0) is 9.68. The summed E-state index contributed by atoms with van der Waals surface area (Å²) in [6, 6.07) is 5.86. The predicted molar refractivity (Wildman–Crippen MR) is 49.9 cm³/mol. The highest BCUT2D eigenvalue weighted by Crippen LogP contribution is 2.10. The van der Waals surface area contributed by atoms with Crippen LogP contribution < -0.4 is 4.74 Å². The van der Waals surface area contributed by atoms with Crippen molar-refractivity contribution in [2.24, 2.45) is 0 Å². The molecule has 0 aliphatic rings. The Bertz CT molecular complexity index is 281. The van der Waals surface area contributed by atoms with E-state index in [1.165, 1.54) is 12.1 Å². The third-order valence-corrected chi connectivity index (χ3v) is 1.56. The van der Waals surface area contributed by atoms with Gasteiger partial charge in [0, 0.05) is 12.1 Å². The van der Waals surface area contributed by atoms with Crippen molar-refractivity contribution in [2.75, 3.05) is 6.61 Å². The van der Waals surface area contributed by atoms with E-state index in [2.05, 4.69) is 0 Å². The molecule has 13 heavy (non-hydrogen) atoms. The average Bonchev–Trinajstić information content (AvgIpc) is 2.08. The molecule has 0 heterocycles. The van der Waals surface area contributed by atoms with Gasteiger partial charge in [-0.05, 0) is 31.2 Å². The van der Waals surface area contributed by atoms with Gasteiger partial charge in [-0.15, -0.1) is 0 Å². The molecule has 0 saturated carbocycles. The highest BCUT2D eigenvalue weighted by atomic mass is 19.1. The first-order valence-electron chi connectivity index (χ1n) is 4.11. The van der Waals surface area contributed by atoms with Crippen molar-refractivity contribution >= 4 is 5.71 Å². The van der Waals surface area contributed by atoms with Gasteiger partial charge in [0.05, 0.1) is 6.61 Å². The van der Waals surface area contributed by atoms with Crippen molar-refractivity contribution in [1.29, 1.82) is 5.41 Å². The second kappa shape index (κ2) is 4.60. The molecule has 1 aromatic carbocycles. The normalized spacial score (nSPS) is 9.69. The van der Waals surface area contributed by atoms with Crippen LogP contribution in [0.1, 0.15) is 13.3 Å². The van der Waals surface area contributed by atoms with E-state index in [9.17, 15) is 4.39 Å². The highest BCUT2D eigenvalue weighted by Gasteiger charge is 1.94. The van der Waals surface area contributed by atoms with Crippen LogP contribution in [0.5, 0.6) is 5.75 Å². The van der Waals surface area contributed by atoms with Crippen LogP contribution in [0.3, 0.4) is 0 Å². The minimum absolute atomic E-state index is 0.268. The maximum Gasteiger partial charge on any atom is 0.123 e. The van der Waals surface area contributed by atoms with E-state index >= 15 is 0 Å². The summed E-state index contributed by atoms with van der Waals surface area (Å²) >= 11 is 0. The summed E-state index contributed by atoms with van der Waals surface area (Å²) < 4.78 is 17.7. The SMILES string of the molecule is CC(=N)CCOc1ccc(F)cc1. The molecular formula is C10H12FNO. The lowest BCUT2D eigenvalue weighted by Gasteiger charge is -2.04. The smallest absolute Gasteiger partial charge is 0.123 e. The minimum atomic E-state index is -0.268. The Morgan fingerprint density at radius 1 is 1.38 bits per heavy atom. The quantitative estimate of drug-likeness (QED) is 0.711. The van der Waals surface area contributed by atoms with Crippen molar-refractivity contribution in [2.45, 2.75) is 13.3 Å². The molecule has 0 saturated heterocycles. The molecule has 0 aliphatic heterocycles. The fourth-order valence-corrected chi connectivity index (χ4v) is 0.853. The van der Waals surface area contributed by atoms with Gasteiger partial charge in [0.1, 0.15) is 11.6 Å². The van der Waals surface area contributed by atoms with Crippen LogP contribution >= 0.6 is 0 Å². The first kappa shape index (κ1) is 9.71. The van der Waals surface area contributed by atoms with Crippen LogP contribution in [0, 0.1) is 11.2 Å². The van der Waals surface area contributed by atoms with E-state index in [1.807, 2.05) is 0 Å². The molecule has 0 unspecified atom stereocenters. The van der Waals surface area contributed by atoms with Gasteiger partial charge in [0.2, 0.25) is 0 Å². The summed E-state index contributed by atoms with van der Waals surface area (Å²) in [5.74, 6) is 0.373. The third kappa shape index (κ3) is 3.69. The second-order valence-electron chi connectivity index (χ2n) is 2.83. The van der Waals surface area contributed by atoms with Crippen molar-refractivity contribution in [3.8, 4) is 5.75 Å². The zero-order valence-corrected chi connectivity index (χ0v) is 7.51. The molecule has 0 amide bonds. The van der Waals surface area contributed by atoms with Crippen molar-refractivity contribution in [1.82, 2.24) is 0 Å². The second-order valence-corrected chi connectivity index (χ2v) is 2.83. The Kier molecular flexibility index (Phi) is 3.43. The molecule has 0 fully saturated rings. The lowest BCUT2D eigenvalue weighted by Crippen LogP contribution is -2.01. The van der Waals surface area contributed by atoms with Crippen LogP contribution in [0.15, 0.2) is 24.3 Å². The summed E-state index contributed by atoms with van der Waals surface area (Å²) in [5.41, 5.74) is 0.585. The van der Waals surface area contributed by atoms with Gasteiger partial charge in [-0.1, -0.05) is 0 Å². The Morgan fingerprint density at radius 3 is 2.54 bits per heavy atom. The van der Waals surface area contributed by atoms with Gasteiger partial charge in [0.25, 0.3) is 0 Å². The first-order chi connectivity index (χ1) is 6.18. The van der Waals surface area contributed by atoms with Gasteiger partial charge in [-0.2, -0.15) is 0 Å². The number of rotatable bonds is 4. The Hall–Kier alpha value is -1.38. The summed E-state index contributed by atoms with van der Waals surface area (Å²) in [7, 11) is 0. The molecule has 0 bridgehead atoms. The summed E-state index contributed by atoms with van der Waals surface area (Å²) in [6.45, 7) is 2.20. The Labute approximate surface area is 76.9 Å². The van der Waals surface area contributed by atoms with Gasteiger partial charge in [-0.3, -0.25) is 0 Å². The standard InChI is InChI=1S/C10H12FNO/c1-8(12)6-7-13-10-4-2-9(11)3-5-10/h2-5,12H,6-7H2,1H3. The van der Waals surface area contributed by atoms with Crippen LogP contribution in [-0.4, -0.2) is 12.3 Å². The topological polar surface area (TPSA) is 33.1 Å². The van der Waals surface area contributed by atoms with Gasteiger partial charge >= 0.3 is 0 Å². The molecule has 70 valence electrons. The van der Waals surface area contributed by atoms with E-state index in [-0.39, 0.29) is 5.82 Å². The molecule has 0 spiro atoms. The summed E-state index contributed by atoms with van der Waals surface area (Å²) in [5, 5.41) is 7.15. The van der Waals surface area contributed by atoms with Gasteiger partial charge in [-0.25, -0.2) is 4.39 Å². The molecule has 1 N–H and O–H groups in total. The third-order valence-electron chi connectivity index (χ3n) is 1.56. The summed E-state index contributed by atoms with van der Waals surface area (Å²) in [4.78, 5) is 0. The maximum absolute atomic E-state index is 12.4. The number of benzene rings is 1. The minimum Gasteiger partial charge on any atom is -0.493 e. The van der Waals surface area contributed by atoms with E-state index < -0.39 is 0 Å². The fourth-order valence-electron chi connectivity index (χ4n) is 0.853. The molecule has 3 heteroatoms. The Morgan fingerprint density at radius 2 is 2.00 bits per heavy atom. The predicted octanol–water partition coefficient (Wildman–Crippen LogP) is 2.63. The zero-order valence-electron chi connectivity index (χ0n) is 7.51. The molecule has 0 radical (unpaired) electrons. The van der Waals surface area contributed by atoms with E-state index in [0.29, 0.717) is 24.5 Å². The number of nitrogens with one attached hydrogen (secondary N) is 1. The largest absolute Gasteiger partial charge is 0.493 e. The molecule has 2 nitrogen and oxygen atoms in total. The Balaban J connectivity index is 2.37. The monoisotopic (exact) mass is 181 g/mol. The first-order valence-corrected chi connectivity index (χ1v) is 4.11. The van der Waals surface area contributed by atoms with Crippen LogP contribution in [-0.2, 0) is 0 Å². The van der Waals surface area contributed by atoms with Crippen LogP contribution in [0.4, 0.5) is 4.39 Å². The lowest BCUT2D eigenvalue weighted by molar-refractivity contribution is 0.328. The number of halogens is 1. The van der Waals surface area contributed by atoms with E-state index in [0.717, 1.165) is 0 Å². The number of hydrogen-bond donors (Lipinski definition) is 1. The molecular weight excluding hydrogens is 169 g/mol.